The third-order valence-electron chi connectivity index (χ3n) is 5.69. The molecule has 2 fully saturated rings. The van der Waals surface area contributed by atoms with Gasteiger partial charge in [0.25, 0.3) is 0 Å². The van der Waals surface area contributed by atoms with E-state index in [1.165, 1.54) is 0 Å². The normalized spacial score (nSPS) is 33.9. The SMILES string of the molecule is CC1(C)Oc2ccc(O)cc2[C@@H]2O[C@@H]3CCN(CC(=O)O)[C@H]3C[C@H]21. The lowest BCUT2D eigenvalue weighted by atomic mass is 9.74. The zero-order valence-electron chi connectivity index (χ0n) is 13.9. The number of phenols is 1. The molecule has 0 radical (unpaired) electrons. The molecule has 1 aromatic carbocycles. The maximum Gasteiger partial charge on any atom is 0.317 e. The summed E-state index contributed by atoms with van der Waals surface area (Å²) < 4.78 is 12.6. The summed E-state index contributed by atoms with van der Waals surface area (Å²) in [7, 11) is 0. The summed E-state index contributed by atoms with van der Waals surface area (Å²) in [6.07, 6.45) is 1.60. The Morgan fingerprint density at radius 3 is 2.96 bits per heavy atom. The number of hydrogen-bond donors (Lipinski definition) is 2. The number of rotatable bonds is 2. The first-order valence-corrected chi connectivity index (χ1v) is 8.48. The Hall–Kier alpha value is -1.79. The number of likely N-dealkylation sites (tertiary alicyclic amines) is 1. The van der Waals surface area contributed by atoms with Crippen LogP contribution in [0.25, 0.3) is 0 Å². The van der Waals surface area contributed by atoms with Crippen LogP contribution < -0.4 is 4.74 Å². The van der Waals surface area contributed by atoms with Gasteiger partial charge in [-0.15, -0.1) is 0 Å². The molecule has 2 saturated heterocycles. The highest BCUT2D eigenvalue weighted by atomic mass is 16.5. The van der Waals surface area contributed by atoms with Crippen LogP contribution >= 0.6 is 0 Å². The second kappa shape index (κ2) is 5.36. The average Bonchev–Trinajstić information content (AvgIpc) is 2.88. The summed E-state index contributed by atoms with van der Waals surface area (Å²) in [6, 6.07) is 5.27. The van der Waals surface area contributed by atoms with Crippen molar-refractivity contribution in [2.24, 2.45) is 5.92 Å². The molecule has 0 bridgehead atoms. The monoisotopic (exact) mass is 333 g/mol. The highest BCUT2D eigenvalue weighted by Crippen LogP contribution is 2.53. The number of fused-ring (bicyclic) bond motifs is 4. The molecule has 0 spiro atoms. The molecule has 24 heavy (non-hydrogen) atoms. The van der Waals surface area contributed by atoms with Crippen molar-refractivity contribution in [2.75, 3.05) is 13.1 Å². The largest absolute Gasteiger partial charge is 0.508 e. The minimum Gasteiger partial charge on any atom is -0.508 e. The molecule has 4 rings (SSSR count). The van der Waals surface area contributed by atoms with Gasteiger partial charge in [0.1, 0.15) is 17.1 Å². The Morgan fingerprint density at radius 2 is 2.21 bits per heavy atom. The van der Waals surface area contributed by atoms with Crippen molar-refractivity contribution in [2.45, 2.75) is 50.5 Å². The first-order valence-electron chi connectivity index (χ1n) is 8.48. The van der Waals surface area contributed by atoms with Crippen molar-refractivity contribution in [3.8, 4) is 11.5 Å². The summed E-state index contributed by atoms with van der Waals surface area (Å²) in [6.45, 7) is 4.91. The van der Waals surface area contributed by atoms with Gasteiger partial charge in [0.15, 0.2) is 0 Å². The number of aromatic hydroxyl groups is 1. The number of carboxylic acids is 1. The smallest absolute Gasteiger partial charge is 0.317 e. The van der Waals surface area contributed by atoms with Crippen LogP contribution in [0, 0.1) is 5.92 Å². The van der Waals surface area contributed by atoms with Crippen LogP contribution in [0.15, 0.2) is 18.2 Å². The summed E-state index contributed by atoms with van der Waals surface area (Å²) in [5.41, 5.74) is 0.492. The van der Waals surface area contributed by atoms with Crippen LogP contribution in [0.5, 0.6) is 11.5 Å². The quantitative estimate of drug-likeness (QED) is 0.863. The van der Waals surface area contributed by atoms with Gasteiger partial charge in [-0.2, -0.15) is 0 Å². The Balaban J connectivity index is 1.67. The number of ether oxygens (including phenoxy) is 2. The molecule has 6 heteroatoms. The fraction of sp³-hybridized carbons (Fsp3) is 0.611. The number of carboxylic acid groups (broad SMARTS) is 1. The van der Waals surface area contributed by atoms with E-state index in [1.807, 2.05) is 4.90 Å². The van der Waals surface area contributed by atoms with Gasteiger partial charge in [-0.1, -0.05) is 0 Å². The molecule has 0 aromatic heterocycles. The molecule has 1 aromatic rings. The minimum atomic E-state index is -0.799. The van der Waals surface area contributed by atoms with Gasteiger partial charge in [-0.05, 0) is 44.9 Å². The molecule has 2 N–H and O–H groups in total. The number of hydrogen-bond acceptors (Lipinski definition) is 5. The van der Waals surface area contributed by atoms with Crippen LogP contribution in [0.3, 0.4) is 0 Å². The van der Waals surface area contributed by atoms with E-state index in [1.54, 1.807) is 18.2 Å². The predicted octanol–water partition coefficient (Wildman–Crippen LogP) is 2.17. The van der Waals surface area contributed by atoms with Gasteiger partial charge in [-0.3, -0.25) is 9.69 Å². The van der Waals surface area contributed by atoms with Crippen molar-refractivity contribution in [3.63, 3.8) is 0 Å². The van der Waals surface area contributed by atoms with Gasteiger partial charge in [0.05, 0.1) is 18.8 Å². The van der Waals surface area contributed by atoms with Crippen LogP contribution in [0.1, 0.15) is 38.4 Å². The molecule has 0 aliphatic carbocycles. The Labute approximate surface area is 141 Å². The van der Waals surface area contributed by atoms with Crippen molar-refractivity contribution in [1.82, 2.24) is 4.90 Å². The zero-order chi connectivity index (χ0) is 17.1. The molecule has 3 aliphatic heterocycles. The fourth-order valence-corrected chi connectivity index (χ4v) is 4.53. The molecule has 3 aliphatic rings. The van der Waals surface area contributed by atoms with E-state index in [4.69, 9.17) is 14.6 Å². The molecule has 0 saturated carbocycles. The van der Waals surface area contributed by atoms with E-state index in [9.17, 15) is 9.90 Å². The molecule has 0 amide bonds. The number of aliphatic carboxylic acids is 1. The highest BCUT2D eigenvalue weighted by Gasteiger charge is 2.53. The number of benzene rings is 1. The second-order valence-electron chi connectivity index (χ2n) is 7.59. The Kier molecular flexibility index (Phi) is 3.51. The summed E-state index contributed by atoms with van der Waals surface area (Å²) in [5, 5.41) is 19.0. The van der Waals surface area contributed by atoms with E-state index in [0.717, 1.165) is 30.7 Å². The lowest BCUT2D eigenvalue weighted by Crippen LogP contribution is -2.54. The van der Waals surface area contributed by atoms with Gasteiger partial charge >= 0.3 is 5.97 Å². The minimum absolute atomic E-state index is 0.0368. The third-order valence-corrected chi connectivity index (χ3v) is 5.69. The second-order valence-corrected chi connectivity index (χ2v) is 7.59. The van der Waals surface area contributed by atoms with E-state index in [0.29, 0.717) is 0 Å². The van der Waals surface area contributed by atoms with Crippen LogP contribution in [-0.4, -0.2) is 51.9 Å². The van der Waals surface area contributed by atoms with Gasteiger partial charge in [0, 0.05) is 24.1 Å². The maximum absolute atomic E-state index is 11.1. The molecule has 6 nitrogen and oxygen atoms in total. The Morgan fingerprint density at radius 1 is 1.42 bits per heavy atom. The van der Waals surface area contributed by atoms with Crippen molar-refractivity contribution in [1.29, 1.82) is 0 Å². The first kappa shape index (κ1) is 15.7. The average molecular weight is 333 g/mol. The van der Waals surface area contributed by atoms with E-state index in [2.05, 4.69) is 13.8 Å². The van der Waals surface area contributed by atoms with Crippen molar-refractivity contribution < 1.29 is 24.5 Å². The molecule has 130 valence electrons. The van der Waals surface area contributed by atoms with Gasteiger partial charge in [-0.25, -0.2) is 0 Å². The van der Waals surface area contributed by atoms with Crippen molar-refractivity contribution >= 4 is 5.97 Å². The molecule has 0 unspecified atom stereocenters. The highest BCUT2D eigenvalue weighted by molar-refractivity contribution is 5.69. The third kappa shape index (κ3) is 2.45. The molecular weight excluding hydrogens is 310 g/mol. The summed E-state index contributed by atoms with van der Waals surface area (Å²) in [5.74, 6) is 0.285. The lowest BCUT2D eigenvalue weighted by Gasteiger charge is -2.50. The van der Waals surface area contributed by atoms with Crippen LogP contribution in [-0.2, 0) is 9.53 Å². The number of nitrogens with zero attached hydrogens (tertiary/aromatic N) is 1. The fourth-order valence-electron chi connectivity index (χ4n) is 4.53. The standard InChI is InChI=1S/C18H23NO5/c1-18(2)12-8-13-15(5-6-19(13)9-16(21)22)23-17(12)11-7-10(20)3-4-14(11)24-18/h3-4,7,12-13,15,17,20H,5-6,8-9H2,1-2H3,(H,21,22)/t12-,13+,15-,17+/m1/s1. The van der Waals surface area contributed by atoms with E-state index >= 15 is 0 Å². The van der Waals surface area contributed by atoms with E-state index in [-0.39, 0.29) is 36.5 Å². The number of carbonyl (C=O) groups is 1. The maximum atomic E-state index is 11.1. The topological polar surface area (TPSA) is 79.2 Å². The van der Waals surface area contributed by atoms with Crippen LogP contribution in [0.2, 0.25) is 0 Å². The van der Waals surface area contributed by atoms with Gasteiger partial charge < -0.3 is 19.7 Å². The van der Waals surface area contributed by atoms with E-state index < -0.39 is 11.6 Å². The molecule has 3 heterocycles. The summed E-state index contributed by atoms with van der Waals surface area (Å²) in [4.78, 5) is 13.1. The molecular formula is C18H23NO5. The zero-order valence-corrected chi connectivity index (χ0v) is 13.9. The van der Waals surface area contributed by atoms with Gasteiger partial charge in [0.2, 0.25) is 0 Å². The Bertz CT molecular complexity index is 673. The van der Waals surface area contributed by atoms with Crippen LogP contribution in [0.4, 0.5) is 0 Å². The predicted molar refractivity (Wildman–Crippen MR) is 86.1 cm³/mol. The summed E-state index contributed by atoms with van der Waals surface area (Å²) >= 11 is 0. The lowest BCUT2D eigenvalue weighted by molar-refractivity contribution is -0.164. The van der Waals surface area contributed by atoms with Crippen molar-refractivity contribution in [3.05, 3.63) is 23.8 Å². The molecule has 4 atom stereocenters. The number of phenolic OH excluding ortho intramolecular Hbond substituents is 1. The first-order chi connectivity index (χ1) is 11.3.